The Bertz CT molecular complexity index is 1020. The van der Waals surface area contributed by atoms with E-state index in [0.717, 1.165) is 5.57 Å². The van der Waals surface area contributed by atoms with Crippen molar-refractivity contribution in [1.29, 1.82) is 0 Å². The molecule has 0 amide bonds. The van der Waals surface area contributed by atoms with Crippen LogP contribution in [0, 0.1) is 34.5 Å². The van der Waals surface area contributed by atoms with E-state index in [0.29, 0.717) is 6.42 Å². The van der Waals surface area contributed by atoms with Crippen molar-refractivity contribution >= 4 is 23.5 Å². The molecule has 0 spiro atoms. The molecule has 0 radical (unpaired) electrons. The van der Waals surface area contributed by atoms with Crippen molar-refractivity contribution in [3.8, 4) is 0 Å². The number of carbonyl (C=O) groups is 4. The topological polar surface area (TPSA) is 107 Å². The second-order valence-corrected chi connectivity index (χ2v) is 10.8. The molecule has 184 valence electrons. The second kappa shape index (κ2) is 8.29. The van der Waals surface area contributed by atoms with Crippen molar-refractivity contribution in [3.05, 3.63) is 36.0 Å². The number of aliphatic hydroxyl groups excluding tert-OH is 1. The highest BCUT2D eigenvalue weighted by Gasteiger charge is 2.72. The Hall–Kier alpha value is -2.54. The molecule has 0 aromatic carbocycles. The summed E-state index contributed by atoms with van der Waals surface area (Å²) >= 11 is 0. The van der Waals surface area contributed by atoms with Gasteiger partial charge in [-0.25, -0.2) is 0 Å². The molecule has 4 unspecified atom stereocenters. The van der Waals surface area contributed by atoms with Gasteiger partial charge in [0.25, 0.3) is 0 Å². The van der Waals surface area contributed by atoms with Gasteiger partial charge in [-0.1, -0.05) is 45.9 Å². The summed E-state index contributed by atoms with van der Waals surface area (Å²) in [5.74, 6) is -2.23. The van der Waals surface area contributed by atoms with E-state index in [1.54, 1.807) is 19.1 Å². The molecule has 1 N–H and O–H groups in total. The lowest BCUT2D eigenvalue weighted by Crippen LogP contribution is -2.63. The first-order valence-electron chi connectivity index (χ1n) is 12.1. The maximum atomic E-state index is 13.7. The fourth-order valence-electron chi connectivity index (χ4n) is 7.50. The molecule has 8 atom stereocenters. The zero-order chi connectivity index (χ0) is 25.1. The number of fused-ring (bicyclic) bond motifs is 5. The number of Topliss-reactive ketones (excluding diaryl/α,β-unsaturated/α-hetero) is 1. The molecule has 7 nitrogen and oxygen atoms in total. The molecule has 0 bridgehead atoms. The van der Waals surface area contributed by atoms with Crippen molar-refractivity contribution in [1.82, 2.24) is 0 Å². The van der Waals surface area contributed by atoms with Crippen LogP contribution in [0.5, 0.6) is 0 Å². The molecular formula is C27H34O7. The zero-order valence-corrected chi connectivity index (χ0v) is 20.5. The second-order valence-electron chi connectivity index (χ2n) is 10.8. The number of carbonyl (C=O) groups excluding carboxylic acids is 4. The molecule has 4 rings (SSSR count). The molecule has 0 aromatic heterocycles. The van der Waals surface area contributed by atoms with Gasteiger partial charge in [0, 0.05) is 36.0 Å². The molecule has 0 heterocycles. The standard InChI is InChI=1S/C27H34O7/c1-6-23(32)34-27(22(31)14-33-16(3)28)15(2)11-20-19-8-7-17-12-18(29)9-10-25(17,4)24(19)21(30)13-26(20,27)5/h7-10,12,15,19-21,24,30H,6,11,13-14H2,1-5H3/t15-,19?,20?,21?,24?,25+,26+,27+/m1/s1. The Morgan fingerprint density at radius 1 is 1.21 bits per heavy atom. The summed E-state index contributed by atoms with van der Waals surface area (Å²) in [6.45, 7) is 8.30. The van der Waals surface area contributed by atoms with Gasteiger partial charge in [0.2, 0.25) is 5.78 Å². The lowest BCUT2D eigenvalue weighted by Gasteiger charge is -2.58. The van der Waals surface area contributed by atoms with E-state index in [9.17, 15) is 24.3 Å². The molecule has 4 aliphatic carbocycles. The van der Waals surface area contributed by atoms with Crippen molar-refractivity contribution in [2.75, 3.05) is 6.61 Å². The number of esters is 2. The third kappa shape index (κ3) is 3.35. The van der Waals surface area contributed by atoms with E-state index < -0.39 is 46.9 Å². The van der Waals surface area contributed by atoms with Gasteiger partial charge in [0.1, 0.15) is 0 Å². The van der Waals surface area contributed by atoms with Gasteiger partial charge in [0.15, 0.2) is 18.0 Å². The van der Waals surface area contributed by atoms with E-state index in [1.165, 1.54) is 6.92 Å². The zero-order valence-electron chi connectivity index (χ0n) is 20.5. The van der Waals surface area contributed by atoms with Crippen LogP contribution >= 0.6 is 0 Å². The van der Waals surface area contributed by atoms with E-state index in [1.807, 2.05) is 32.9 Å². The number of hydrogen-bond donors (Lipinski definition) is 1. The van der Waals surface area contributed by atoms with Gasteiger partial charge in [-0.3, -0.25) is 19.2 Å². The van der Waals surface area contributed by atoms with Crippen LogP contribution in [-0.2, 0) is 28.7 Å². The highest BCUT2D eigenvalue weighted by molar-refractivity contribution is 6.01. The Morgan fingerprint density at radius 3 is 2.56 bits per heavy atom. The first-order chi connectivity index (χ1) is 15.9. The van der Waals surface area contributed by atoms with Crippen LogP contribution in [0.2, 0.25) is 0 Å². The minimum absolute atomic E-state index is 0.0533. The molecular weight excluding hydrogens is 436 g/mol. The summed E-state index contributed by atoms with van der Waals surface area (Å²) in [4.78, 5) is 49.7. The number of ether oxygens (including phenoxy) is 2. The van der Waals surface area contributed by atoms with E-state index in [-0.39, 0.29) is 42.3 Å². The van der Waals surface area contributed by atoms with Gasteiger partial charge in [-0.2, -0.15) is 0 Å². The Labute approximate surface area is 200 Å². The van der Waals surface area contributed by atoms with Crippen LogP contribution in [0.15, 0.2) is 36.0 Å². The summed E-state index contributed by atoms with van der Waals surface area (Å²) in [5.41, 5.74) is -1.99. The smallest absolute Gasteiger partial charge is 0.306 e. The molecule has 0 aliphatic heterocycles. The third-order valence-corrected chi connectivity index (χ3v) is 8.98. The molecule has 2 saturated carbocycles. The average Bonchev–Trinajstić information content (AvgIpc) is 2.99. The van der Waals surface area contributed by atoms with Gasteiger partial charge in [0.05, 0.1) is 6.10 Å². The summed E-state index contributed by atoms with van der Waals surface area (Å²) in [5, 5.41) is 11.6. The van der Waals surface area contributed by atoms with Gasteiger partial charge in [-0.15, -0.1) is 0 Å². The lowest BCUT2D eigenvalue weighted by atomic mass is 9.47. The maximum absolute atomic E-state index is 13.7. The van der Waals surface area contributed by atoms with Gasteiger partial charge >= 0.3 is 11.9 Å². The Balaban J connectivity index is 1.81. The van der Waals surface area contributed by atoms with Crippen LogP contribution in [-0.4, -0.2) is 46.9 Å². The fraction of sp³-hybridized carbons (Fsp3) is 0.630. The molecule has 34 heavy (non-hydrogen) atoms. The summed E-state index contributed by atoms with van der Waals surface area (Å²) in [7, 11) is 0. The number of ketones is 2. The predicted octanol–water partition coefficient (Wildman–Crippen LogP) is 3.11. The molecule has 2 fully saturated rings. The summed E-state index contributed by atoms with van der Waals surface area (Å²) in [6.07, 6.45) is 9.28. The Kier molecular flexibility index (Phi) is 6.00. The molecule has 4 aliphatic rings. The predicted molar refractivity (Wildman–Crippen MR) is 123 cm³/mol. The highest BCUT2D eigenvalue weighted by Crippen LogP contribution is 2.68. The summed E-state index contributed by atoms with van der Waals surface area (Å²) in [6, 6.07) is 0. The average molecular weight is 471 g/mol. The normalized spacial score (nSPS) is 42.2. The fourth-order valence-corrected chi connectivity index (χ4v) is 7.50. The number of aliphatic hydroxyl groups is 1. The highest BCUT2D eigenvalue weighted by atomic mass is 16.6. The van der Waals surface area contributed by atoms with Crippen molar-refractivity contribution in [2.45, 2.75) is 65.6 Å². The number of rotatable bonds is 5. The first-order valence-corrected chi connectivity index (χ1v) is 12.1. The Morgan fingerprint density at radius 2 is 1.91 bits per heavy atom. The molecule has 0 saturated heterocycles. The maximum Gasteiger partial charge on any atom is 0.306 e. The van der Waals surface area contributed by atoms with Crippen LogP contribution in [0.25, 0.3) is 0 Å². The van der Waals surface area contributed by atoms with Gasteiger partial charge < -0.3 is 14.6 Å². The van der Waals surface area contributed by atoms with Gasteiger partial charge in [-0.05, 0) is 42.4 Å². The minimum atomic E-state index is -1.50. The lowest BCUT2D eigenvalue weighted by molar-refractivity contribution is -0.202. The third-order valence-electron chi connectivity index (χ3n) is 8.98. The van der Waals surface area contributed by atoms with E-state index in [2.05, 4.69) is 6.08 Å². The first kappa shape index (κ1) is 24.6. The number of hydrogen-bond acceptors (Lipinski definition) is 7. The van der Waals surface area contributed by atoms with Crippen molar-refractivity contribution in [3.63, 3.8) is 0 Å². The summed E-state index contributed by atoms with van der Waals surface area (Å²) < 4.78 is 11.1. The quantitative estimate of drug-likeness (QED) is 0.615. The van der Waals surface area contributed by atoms with Crippen LogP contribution in [0.3, 0.4) is 0 Å². The van der Waals surface area contributed by atoms with Crippen LogP contribution in [0.1, 0.15) is 53.9 Å². The monoisotopic (exact) mass is 470 g/mol. The minimum Gasteiger partial charge on any atom is -0.458 e. The number of allylic oxidation sites excluding steroid dienone is 6. The van der Waals surface area contributed by atoms with Crippen LogP contribution < -0.4 is 0 Å². The van der Waals surface area contributed by atoms with Crippen molar-refractivity contribution in [2.24, 2.45) is 34.5 Å². The van der Waals surface area contributed by atoms with E-state index in [4.69, 9.17) is 9.47 Å². The van der Waals surface area contributed by atoms with Crippen molar-refractivity contribution < 1.29 is 33.8 Å². The molecule has 0 aromatic rings. The SMILES string of the molecule is CCC(=O)O[C@]1(C(=O)COC(C)=O)[C@H](C)CC2C3C=CC4=CC(=O)C=C[C@]4(C)C3C(O)C[C@@]21C. The van der Waals surface area contributed by atoms with Crippen LogP contribution in [0.4, 0.5) is 0 Å². The van der Waals surface area contributed by atoms with E-state index >= 15 is 0 Å². The molecule has 7 heteroatoms. The largest absolute Gasteiger partial charge is 0.458 e.